The van der Waals surface area contributed by atoms with Gasteiger partial charge in [-0.05, 0) is 66.1 Å². The van der Waals surface area contributed by atoms with Gasteiger partial charge in [0.05, 0.1) is 23.0 Å². The fourth-order valence-corrected chi connectivity index (χ4v) is 2.18. The second-order valence-corrected chi connectivity index (χ2v) is 6.11. The summed E-state index contributed by atoms with van der Waals surface area (Å²) in [5.41, 5.74) is -0.306. The molecule has 17 heavy (non-hydrogen) atoms. The average molecular weight is 233 g/mol. The second kappa shape index (κ2) is 5.52. The zero-order valence-electron chi connectivity index (χ0n) is 11.3. The Hall–Kier alpha value is -1.06. The van der Waals surface area contributed by atoms with Crippen LogP contribution in [0.5, 0.6) is 0 Å². The summed E-state index contributed by atoms with van der Waals surface area (Å²) in [5.74, 6) is 0. The lowest BCUT2D eigenvalue weighted by molar-refractivity contribution is 0.151. The number of nitriles is 2. The van der Waals surface area contributed by atoms with E-state index in [-0.39, 0.29) is 10.8 Å². The summed E-state index contributed by atoms with van der Waals surface area (Å²) < 4.78 is 0. The molecule has 0 aromatic rings. The molecular weight excluding hydrogens is 210 g/mol. The minimum absolute atomic E-state index is 0.109. The van der Waals surface area contributed by atoms with Crippen molar-refractivity contribution >= 4 is 0 Å². The minimum atomic E-state index is -0.197. The van der Waals surface area contributed by atoms with Crippen LogP contribution in [0.4, 0.5) is 0 Å². The standard InChI is InChI=1S/C14H23N3/c1-13(2,11-15)5-4-8-17-9-6-14(3,12-16)7-10-17/h4-10H2,1-3H3. The zero-order valence-corrected chi connectivity index (χ0v) is 11.3. The van der Waals surface area contributed by atoms with Crippen molar-refractivity contribution in [3.8, 4) is 12.1 Å². The van der Waals surface area contributed by atoms with Gasteiger partial charge in [-0.3, -0.25) is 0 Å². The lowest BCUT2D eigenvalue weighted by Gasteiger charge is -2.35. The first kappa shape index (κ1) is 14.0. The van der Waals surface area contributed by atoms with E-state index >= 15 is 0 Å². The van der Waals surface area contributed by atoms with E-state index in [9.17, 15) is 0 Å². The van der Waals surface area contributed by atoms with Crippen molar-refractivity contribution in [2.24, 2.45) is 10.8 Å². The molecule has 0 bridgehead atoms. The Bertz CT molecular complexity index is 324. The quantitative estimate of drug-likeness (QED) is 0.750. The van der Waals surface area contributed by atoms with Gasteiger partial charge >= 0.3 is 0 Å². The van der Waals surface area contributed by atoms with Crippen LogP contribution in [0.3, 0.4) is 0 Å². The Kier molecular flexibility index (Phi) is 4.54. The topological polar surface area (TPSA) is 50.8 Å². The SMILES string of the molecule is CC(C)(C#N)CCCN1CCC(C)(C#N)CC1. The van der Waals surface area contributed by atoms with E-state index in [1.165, 1.54) is 0 Å². The minimum Gasteiger partial charge on any atom is -0.303 e. The molecule has 1 saturated heterocycles. The predicted octanol–water partition coefficient (Wildman–Crippen LogP) is 2.94. The fraction of sp³-hybridized carbons (Fsp3) is 0.857. The van der Waals surface area contributed by atoms with Crippen LogP contribution in [-0.4, -0.2) is 24.5 Å². The third-order valence-corrected chi connectivity index (χ3v) is 3.81. The summed E-state index contributed by atoms with van der Waals surface area (Å²) >= 11 is 0. The monoisotopic (exact) mass is 233 g/mol. The molecule has 0 saturated carbocycles. The molecule has 1 fully saturated rings. The fourth-order valence-electron chi connectivity index (χ4n) is 2.18. The van der Waals surface area contributed by atoms with Crippen molar-refractivity contribution in [1.82, 2.24) is 4.90 Å². The second-order valence-electron chi connectivity index (χ2n) is 6.11. The maximum absolute atomic E-state index is 9.05. The van der Waals surface area contributed by atoms with Crippen molar-refractivity contribution in [1.29, 1.82) is 10.5 Å². The molecule has 0 aliphatic carbocycles. The van der Waals surface area contributed by atoms with Crippen LogP contribution in [0.25, 0.3) is 0 Å². The number of nitrogens with zero attached hydrogens (tertiary/aromatic N) is 3. The van der Waals surface area contributed by atoms with Gasteiger partial charge in [0.15, 0.2) is 0 Å². The molecule has 3 heteroatoms. The smallest absolute Gasteiger partial charge is 0.0687 e. The van der Waals surface area contributed by atoms with E-state index in [1.807, 2.05) is 13.8 Å². The summed E-state index contributed by atoms with van der Waals surface area (Å²) in [6, 6.07) is 4.76. The Morgan fingerprint density at radius 3 is 2.29 bits per heavy atom. The number of piperidine rings is 1. The molecule has 0 aromatic heterocycles. The Morgan fingerprint density at radius 1 is 1.24 bits per heavy atom. The van der Waals surface area contributed by atoms with Gasteiger partial charge in [-0.1, -0.05) is 0 Å². The van der Waals surface area contributed by atoms with Crippen LogP contribution in [0, 0.1) is 33.5 Å². The molecule has 0 radical (unpaired) electrons. The molecule has 0 amide bonds. The highest BCUT2D eigenvalue weighted by atomic mass is 15.1. The van der Waals surface area contributed by atoms with E-state index < -0.39 is 0 Å². The van der Waals surface area contributed by atoms with E-state index in [4.69, 9.17) is 10.5 Å². The molecule has 0 aromatic carbocycles. The van der Waals surface area contributed by atoms with Crippen LogP contribution in [-0.2, 0) is 0 Å². The van der Waals surface area contributed by atoms with Gasteiger partial charge in [0.25, 0.3) is 0 Å². The summed E-state index contributed by atoms with van der Waals surface area (Å²) in [7, 11) is 0. The van der Waals surface area contributed by atoms with Gasteiger partial charge in [-0.2, -0.15) is 10.5 Å². The van der Waals surface area contributed by atoms with Crippen molar-refractivity contribution in [3.05, 3.63) is 0 Å². The summed E-state index contributed by atoms with van der Waals surface area (Å²) in [4.78, 5) is 2.42. The lowest BCUT2D eigenvalue weighted by Crippen LogP contribution is -2.38. The predicted molar refractivity (Wildman–Crippen MR) is 68.0 cm³/mol. The van der Waals surface area contributed by atoms with Gasteiger partial charge < -0.3 is 4.90 Å². The molecule has 94 valence electrons. The zero-order chi connectivity index (χ0) is 12.9. The van der Waals surface area contributed by atoms with Crippen LogP contribution >= 0.6 is 0 Å². The van der Waals surface area contributed by atoms with Crippen LogP contribution in [0.1, 0.15) is 46.5 Å². The number of hydrogen-bond acceptors (Lipinski definition) is 3. The van der Waals surface area contributed by atoms with E-state index in [2.05, 4.69) is 24.0 Å². The van der Waals surface area contributed by atoms with Crippen LogP contribution in [0.2, 0.25) is 0 Å². The molecule has 0 atom stereocenters. The van der Waals surface area contributed by atoms with Crippen molar-refractivity contribution in [2.75, 3.05) is 19.6 Å². The first-order valence-corrected chi connectivity index (χ1v) is 6.46. The highest BCUT2D eigenvalue weighted by Crippen LogP contribution is 2.30. The largest absolute Gasteiger partial charge is 0.303 e. The first-order valence-electron chi connectivity index (χ1n) is 6.46. The summed E-state index contributed by atoms with van der Waals surface area (Å²) in [5, 5.41) is 18.0. The molecule has 0 unspecified atom stereocenters. The van der Waals surface area contributed by atoms with E-state index in [0.29, 0.717) is 0 Å². The highest BCUT2D eigenvalue weighted by Gasteiger charge is 2.29. The molecule has 1 rings (SSSR count). The Balaban J connectivity index is 2.25. The molecule has 0 spiro atoms. The average Bonchev–Trinajstić information content (AvgIpc) is 2.32. The van der Waals surface area contributed by atoms with E-state index in [1.54, 1.807) is 0 Å². The third kappa shape index (κ3) is 4.36. The Morgan fingerprint density at radius 2 is 1.82 bits per heavy atom. The maximum Gasteiger partial charge on any atom is 0.0687 e. The number of rotatable bonds is 4. The lowest BCUT2D eigenvalue weighted by atomic mass is 9.82. The van der Waals surface area contributed by atoms with Gasteiger partial charge in [0.1, 0.15) is 0 Å². The van der Waals surface area contributed by atoms with Crippen LogP contribution in [0.15, 0.2) is 0 Å². The molecule has 0 N–H and O–H groups in total. The van der Waals surface area contributed by atoms with E-state index in [0.717, 1.165) is 45.3 Å². The van der Waals surface area contributed by atoms with Gasteiger partial charge in [-0.15, -0.1) is 0 Å². The Labute approximate surface area is 105 Å². The third-order valence-electron chi connectivity index (χ3n) is 3.81. The molecular formula is C14H23N3. The molecule has 1 heterocycles. The molecule has 1 aliphatic rings. The molecule has 1 aliphatic heterocycles. The summed E-state index contributed by atoms with van der Waals surface area (Å²) in [6.45, 7) is 9.16. The normalized spacial score (nSPS) is 20.5. The van der Waals surface area contributed by atoms with Gasteiger partial charge in [0, 0.05) is 0 Å². The van der Waals surface area contributed by atoms with Crippen molar-refractivity contribution in [3.63, 3.8) is 0 Å². The summed E-state index contributed by atoms with van der Waals surface area (Å²) in [6.07, 6.45) is 3.98. The maximum atomic E-state index is 9.05. The number of hydrogen-bond donors (Lipinski definition) is 0. The van der Waals surface area contributed by atoms with Gasteiger partial charge in [-0.25, -0.2) is 0 Å². The first-order chi connectivity index (χ1) is 7.91. The van der Waals surface area contributed by atoms with Crippen molar-refractivity contribution in [2.45, 2.75) is 46.5 Å². The van der Waals surface area contributed by atoms with Crippen molar-refractivity contribution < 1.29 is 0 Å². The highest BCUT2D eigenvalue weighted by molar-refractivity contribution is 4.98. The van der Waals surface area contributed by atoms with Crippen LogP contribution < -0.4 is 0 Å². The van der Waals surface area contributed by atoms with Gasteiger partial charge in [0.2, 0.25) is 0 Å². The molecule has 3 nitrogen and oxygen atoms in total. The number of likely N-dealkylation sites (tertiary alicyclic amines) is 1.